The van der Waals surface area contributed by atoms with E-state index in [1.165, 1.54) is 0 Å². The first-order chi connectivity index (χ1) is 7.15. The number of hydrogen-bond donors (Lipinski definition) is 1. The molecule has 0 saturated carbocycles. The fraction of sp³-hybridized carbons (Fsp3) is 0.600. The van der Waals surface area contributed by atoms with Gasteiger partial charge in [0, 0.05) is 6.54 Å². The van der Waals surface area contributed by atoms with Gasteiger partial charge < -0.3 is 5.32 Å². The highest BCUT2D eigenvalue weighted by Gasteiger charge is 2.05. The van der Waals surface area contributed by atoms with Gasteiger partial charge >= 0.3 is 0 Å². The lowest BCUT2D eigenvalue weighted by Gasteiger charge is -2.08. The number of hydrogen-bond acceptors (Lipinski definition) is 4. The molecule has 0 aliphatic carbocycles. The van der Waals surface area contributed by atoms with Gasteiger partial charge in [0.25, 0.3) is 0 Å². The van der Waals surface area contributed by atoms with E-state index in [-0.39, 0.29) is 0 Å². The lowest BCUT2D eigenvalue weighted by atomic mass is 10.3. The number of thioether (sulfide) groups is 1. The highest BCUT2D eigenvalue weighted by atomic mass is 35.5. The van der Waals surface area contributed by atoms with Gasteiger partial charge in [0.1, 0.15) is 0 Å². The molecule has 1 aromatic rings. The molecule has 15 heavy (non-hydrogen) atoms. The van der Waals surface area contributed by atoms with E-state index in [9.17, 15) is 0 Å². The van der Waals surface area contributed by atoms with Crippen LogP contribution in [0.25, 0.3) is 0 Å². The fourth-order valence-electron chi connectivity index (χ4n) is 1.11. The van der Waals surface area contributed by atoms with Crippen LogP contribution in [-0.4, -0.2) is 28.5 Å². The normalized spacial score (nSPS) is 10.4. The Labute approximate surface area is 100 Å². The van der Waals surface area contributed by atoms with Crippen molar-refractivity contribution in [3.63, 3.8) is 0 Å². The fourth-order valence-corrected chi connectivity index (χ4v) is 1.78. The van der Waals surface area contributed by atoms with Crippen LogP contribution in [0.1, 0.15) is 17.8 Å². The second-order valence-corrected chi connectivity index (χ2v) is 4.65. The van der Waals surface area contributed by atoms with E-state index in [1.54, 1.807) is 0 Å². The van der Waals surface area contributed by atoms with Crippen LogP contribution in [0.2, 0.25) is 5.15 Å². The van der Waals surface area contributed by atoms with Gasteiger partial charge in [-0.05, 0) is 32.3 Å². The quantitative estimate of drug-likeness (QED) is 0.810. The van der Waals surface area contributed by atoms with Crippen molar-refractivity contribution >= 4 is 29.2 Å². The minimum Gasteiger partial charge on any atom is -0.367 e. The van der Waals surface area contributed by atoms with Crippen molar-refractivity contribution in [2.24, 2.45) is 0 Å². The van der Waals surface area contributed by atoms with Crippen LogP contribution in [0.4, 0.5) is 5.82 Å². The van der Waals surface area contributed by atoms with E-state index in [2.05, 4.69) is 21.5 Å². The van der Waals surface area contributed by atoms with Gasteiger partial charge in [0.05, 0.1) is 11.4 Å². The Kier molecular flexibility index (Phi) is 5.19. The summed E-state index contributed by atoms with van der Waals surface area (Å²) >= 11 is 7.81. The van der Waals surface area contributed by atoms with Crippen LogP contribution in [0.3, 0.4) is 0 Å². The van der Waals surface area contributed by atoms with Gasteiger partial charge in [-0.15, -0.1) is 0 Å². The molecule has 1 aromatic heterocycles. The molecule has 0 aliphatic rings. The molecular weight excluding hydrogens is 230 g/mol. The Morgan fingerprint density at radius 1 is 1.27 bits per heavy atom. The van der Waals surface area contributed by atoms with E-state index in [0.29, 0.717) is 11.0 Å². The second kappa shape index (κ2) is 6.18. The summed E-state index contributed by atoms with van der Waals surface area (Å²) in [7, 11) is 0. The number of nitrogens with zero attached hydrogens (tertiary/aromatic N) is 2. The Bertz CT molecular complexity index is 331. The van der Waals surface area contributed by atoms with Crippen molar-refractivity contribution in [1.82, 2.24) is 9.97 Å². The molecule has 1 N–H and O–H groups in total. The predicted octanol–water partition coefficient (Wildman–Crippen LogP) is 2.91. The van der Waals surface area contributed by atoms with E-state index in [1.807, 2.05) is 25.6 Å². The molecule has 0 saturated heterocycles. The third-order valence-electron chi connectivity index (χ3n) is 2.08. The predicted molar refractivity (Wildman–Crippen MR) is 68.0 cm³/mol. The summed E-state index contributed by atoms with van der Waals surface area (Å²) in [5, 5.41) is 3.66. The zero-order chi connectivity index (χ0) is 11.3. The van der Waals surface area contributed by atoms with E-state index >= 15 is 0 Å². The molecule has 1 heterocycles. The number of rotatable bonds is 5. The van der Waals surface area contributed by atoms with Crippen molar-refractivity contribution in [3.8, 4) is 0 Å². The molecule has 0 aliphatic heterocycles. The summed E-state index contributed by atoms with van der Waals surface area (Å²) < 4.78 is 0. The van der Waals surface area contributed by atoms with Crippen LogP contribution in [0.5, 0.6) is 0 Å². The molecule has 84 valence electrons. The first-order valence-electron chi connectivity index (χ1n) is 4.88. The third-order valence-corrected chi connectivity index (χ3v) is 3.04. The van der Waals surface area contributed by atoms with Crippen molar-refractivity contribution in [3.05, 3.63) is 16.5 Å². The Morgan fingerprint density at radius 3 is 2.60 bits per heavy atom. The lowest BCUT2D eigenvalue weighted by Crippen LogP contribution is -2.07. The summed E-state index contributed by atoms with van der Waals surface area (Å²) in [6, 6.07) is 0. The van der Waals surface area contributed by atoms with Gasteiger partial charge in [-0.25, -0.2) is 9.97 Å². The minimum absolute atomic E-state index is 0.460. The second-order valence-electron chi connectivity index (χ2n) is 3.31. The maximum atomic E-state index is 5.97. The Hall–Kier alpha value is -0.480. The van der Waals surface area contributed by atoms with E-state index < -0.39 is 0 Å². The van der Waals surface area contributed by atoms with E-state index in [0.717, 1.165) is 30.1 Å². The average Bonchev–Trinajstić information content (AvgIpc) is 2.20. The molecule has 5 heteroatoms. The van der Waals surface area contributed by atoms with E-state index in [4.69, 9.17) is 11.6 Å². The number of aromatic nitrogens is 2. The Morgan fingerprint density at radius 2 is 1.93 bits per heavy atom. The Balaban J connectivity index is 2.57. The lowest BCUT2D eigenvalue weighted by molar-refractivity contribution is 0.961. The minimum atomic E-state index is 0.460. The highest BCUT2D eigenvalue weighted by Crippen LogP contribution is 2.18. The molecule has 1 rings (SSSR count). The van der Waals surface area contributed by atoms with Crippen molar-refractivity contribution < 1.29 is 0 Å². The standard InChI is InChI=1S/C10H16ClN3S/c1-7-8(2)14-10(9(11)13-7)12-5-4-6-15-3/h4-6H2,1-3H3,(H,12,14). The average molecular weight is 246 g/mol. The van der Waals surface area contributed by atoms with Gasteiger partial charge in [-0.1, -0.05) is 11.6 Å². The van der Waals surface area contributed by atoms with Gasteiger partial charge in [-0.2, -0.15) is 11.8 Å². The summed E-state index contributed by atoms with van der Waals surface area (Å²) in [5.41, 5.74) is 1.81. The van der Waals surface area contributed by atoms with Gasteiger partial charge in [-0.3, -0.25) is 0 Å². The maximum Gasteiger partial charge on any atom is 0.171 e. The summed E-state index contributed by atoms with van der Waals surface area (Å²) in [6.07, 6.45) is 3.20. The van der Waals surface area contributed by atoms with Crippen LogP contribution in [0, 0.1) is 13.8 Å². The number of nitrogens with one attached hydrogen (secondary N) is 1. The van der Waals surface area contributed by atoms with Crippen LogP contribution < -0.4 is 5.32 Å². The maximum absolute atomic E-state index is 5.97. The van der Waals surface area contributed by atoms with Crippen molar-refractivity contribution in [1.29, 1.82) is 0 Å². The topological polar surface area (TPSA) is 37.8 Å². The summed E-state index contributed by atoms with van der Waals surface area (Å²) in [5.74, 6) is 1.84. The number of halogens is 1. The summed E-state index contributed by atoms with van der Waals surface area (Å²) in [6.45, 7) is 4.73. The van der Waals surface area contributed by atoms with Gasteiger partial charge in [0.15, 0.2) is 11.0 Å². The molecule has 0 spiro atoms. The molecule has 0 bridgehead atoms. The SMILES string of the molecule is CSCCCNc1nc(C)c(C)nc1Cl. The van der Waals surface area contributed by atoms with Crippen LogP contribution in [-0.2, 0) is 0 Å². The first-order valence-corrected chi connectivity index (χ1v) is 6.66. The zero-order valence-corrected chi connectivity index (χ0v) is 10.9. The molecule has 0 atom stereocenters. The first kappa shape index (κ1) is 12.6. The molecule has 0 amide bonds. The summed E-state index contributed by atoms with van der Waals surface area (Å²) in [4.78, 5) is 8.56. The molecule has 0 radical (unpaired) electrons. The molecular formula is C10H16ClN3S. The zero-order valence-electron chi connectivity index (χ0n) is 9.30. The molecule has 3 nitrogen and oxygen atoms in total. The van der Waals surface area contributed by atoms with Gasteiger partial charge in [0.2, 0.25) is 0 Å². The molecule has 0 fully saturated rings. The third kappa shape index (κ3) is 3.87. The monoisotopic (exact) mass is 245 g/mol. The van der Waals surface area contributed by atoms with Crippen molar-refractivity contribution in [2.75, 3.05) is 23.9 Å². The largest absolute Gasteiger partial charge is 0.367 e. The van der Waals surface area contributed by atoms with Crippen LogP contribution in [0.15, 0.2) is 0 Å². The number of aryl methyl sites for hydroxylation is 2. The van der Waals surface area contributed by atoms with Crippen molar-refractivity contribution in [2.45, 2.75) is 20.3 Å². The van der Waals surface area contributed by atoms with Crippen LogP contribution >= 0.6 is 23.4 Å². The highest BCUT2D eigenvalue weighted by molar-refractivity contribution is 7.98. The smallest absolute Gasteiger partial charge is 0.171 e. The molecule has 0 aromatic carbocycles. The molecule has 0 unspecified atom stereocenters. The number of anilines is 1.